The van der Waals surface area contributed by atoms with Gasteiger partial charge in [-0.1, -0.05) is 6.92 Å². The molecule has 0 aliphatic rings. The van der Waals surface area contributed by atoms with Crippen LogP contribution in [0.3, 0.4) is 0 Å². The van der Waals surface area contributed by atoms with Gasteiger partial charge in [-0.2, -0.15) is 0 Å². The summed E-state index contributed by atoms with van der Waals surface area (Å²) in [6, 6.07) is 3.75. The normalized spacial score (nSPS) is 10.6. The van der Waals surface area contributed by atoms with Gasteiger partial charge in [-0.15, -0.1) is 0 Å². The van der Waals surface area contributed by atoms with Crippen LogP contribution < -0.4 is 16.0 Å². The van der Waals surface area contributed by atoms with Crippen molar-refractivity contribution in [1.29, 1.82) is 0 Å². The maximum absolute atomic E-state index is 13.9. The molecule has 6 nitrogen and oxygen atoms in total. The smallest absolute Gasteiger partial charge is 0.335 e. The molecule has 2 N–H and O–H groups in total. The standard InChI is InChI=1S/C13H13FN2O4/c1-3-8-11(17)15-13(19)16(12(8)18)10-6-7(20-2)4-5-9(10)14/h4-6,18H,3H2,1-2H3,(H,15,17,19). The lowest BCUT2D eigenvalue weighted by molar-refractivity contribution is 0.408. The number of rotatable bonds is 3. The summed E-state index contributed by atoms with van der Waals surface area (Å²) in [6.45, 7) is 1.64. The van der Waals surface area contributed by atoms with Crippen molar-refractivity contribution in [2.45, 2.75) is 13.3 Å². The summed E-state index contributed by atoms with van der Waals surface area (Å²) in [7, 11) is 1.39. The van der Waals surface area contributed by atoms with Crippen molar-refractivity contribution in [2.24, 2.45) is 0 Å². The van der Waals surface area contributed by atoms with Gasteiger partial charge in [-0.3, -0.25) is 9.78 Å². The van der Waals surface area contributed by atoms with Crippen molar-refractivity contribution in [3.8, 4) is 17.3 Å². The van der Waals surface area contributed by atoms with Crippen LogP contribution in [0, 0.1) is 5.82 Å². The molecule has 7 heteroatoms. The molecule has 0 atom stereocenters. The molecule has 0 spiro atoms. The van der Waals surface area contributed by atoms with E-state index in [4.69, 9.17) is 4.74 Å². The lowest BCUT2D eigenvalue weighted by Crippen LogP contribution is -2.31. The van der Waals surface area contributed by atoms with Crippen LogP contribution in [0.4, 0.5) is 4.39 Å². The van der Waals surface area contributed by atoms with Crippen molar-refractivity contribution < 1.29 is 14.2 Å². The summed E-state index contributed by atoms with van der Waals surface area (Å²) < 4.78 is 19.5. The average Bonchev–Trinajstić information content (AvgIpc) is 2.40. The highest BCUT2D eigenvalue weighted by Crippen LogP contribution is 2.23. The highest BCUT2D eigenvalue weighted by Gasteiger charge is 2.17. The van der Waals surface area contributed by atoms with Gasteiger partial charge >= 0.3 is 5.69 Å². The highest BCUT2D eigenvalue weighted by atomic mass is 19.1. The van der Waals surface area contributed by atoms with Gasteiger partial charge in [-0.25, -0.2) is 13.8 Å². The first-order valence-electron chi connectivity index (χ1n) is 5.90. The molecule has 20 heavy (non-hydrogen) atoms. The van der Waals surface area contributed by atoms with E-state index in [2.05, 4.69) is 0 Å². The topological polar surface area (TPSA) is 84.3 Å². The fourth-order valence-electron chi connectivity index (χ4n) is 1.89. The van der Waals surface area contributed by atoms with Gasteiger partial charge < -0.3 is 9.84 Å². The molecule has 0 saturated carbocycles. The fraction of sp³-hybridized carbons (Fsp3) is 0.231. The molecule has 0 fully saturated rings. The summed E-state index contributed by atoms with van der Waals surface area (Å²) in [5.74, 6) is -0.984. The number of aromatic amines is 1. The molecule has 2 aromatic rings. The first-order valence-corrected chi connectivity index (χ1v) is 5.90. The third kappa shape index (κ3) is 2.18. The van der Waals surface area contributed by atoms with E-state index in [0.717, 1.165) is 6.07 Å². The molecule has 0 aliphatic heterocycles. The molecular weight excluding hydrogens is 267 g/mol. The number of ether oxygens (including phenoxy) is 1. The zero-order valence-electron chi connectivity index (χ0n) is 10.9. The van der Waals surface area contributed by atoms with Gasteiger partial charge in [0.05, 0.1) is 18.4 Å². The molecule has 1 heterocycles. The van der Waals surface area contributed by atoms with Gasteiger partial charge in [0.1, 0.15) is 11.6 Å². The maximum Gasteiger partial charge on any atom is 0.335 e. The Labute approximate surface area is 113 Å². The molecule has 0 radical (unpaired) electrons. The minimum absolute atomic E-state index is 0.00631. The summed E-state index contributed by atoms with van der Waals surface area (Å²) in [5, 5.41) is 10.0. The Bertz CT molecular complexity index is 764. The Kier molecular flexibility index (Phi) is 3.60. The molecule has 0 saturated heterocycles. The van der Waals surface area contributed by atoms with E-state index in [9.17, 15) is 19.1 Å². The Hall–Kier alpha value is -2.57. The van der Waals surface area contributed by atoms with E-state index < -0.39 is 22.9 Å². The number of nitrogens with one attached hydrogen (secondary N) is 1. The van der Waals surface area contributed by atoms with Crippen LogP contribution in [-0.2, 0) is 6.42 Å². The number of nitrogens with zero attached hydrogens (tertiary/aromatic N) is 1. The Balaban J connectivity index is 2.83. The average molecular weight is 280 g/mol. The summed E-state index contributed by atoms with van der Waals surface area (Å²) in [4.78, 5) is 25.4. The van der Waals surface area contributed by atoms with Crippen LogP contribution in [0.5, 0.6) is 11.6 Å². The summed E-state index contributed by atoms with van der Waals surface area (Å²) >= 11 is 0. The number of benzene rings is 1. The van der Waals surface area contributed by atoms with Gasteiger partial charge in [0, 0.05) is 6.07 Å². The molecule has 1 aromatic carbocycles. The van der Waals surface area contributed by atoms with Crippen molar-refractivity contribution in [3.63, 3.8) is 0 Å². The predicted molar refractivity (Wildman–Crippen MR) is 70.2 cm³/mol. The lowest BCUT2D eigenvalue weighted by Gasteiger charge is -2.12. The molecular formula is C13H13FN2O4. The quantitative estimate of drug-likeness (QED) is 0.876. The predicted octanol–water partition coefficient (Wildman–Crippen LogP) is 0.941. The first kappa shape index (κ1) is 13.9. The summed E-state index contributed by atoms with van der Waals surface area (Å²) in [6.07, 6.45) is 0.201. The number of halogens is 1. The zero-order chi connectivity index (χ0) is 14.9. The second kappa shape index (κ2) is 5.20. The fourth-order valence-corrected chi connectivity index (χ4v) is 1.89. The second-order valence-corrected chi connectivity index (χ2v) is 4.07. The number of methoxy groups -OCH3 is 1. The zero-order valence-corrected chi connectivity index (χ0v) is 10.9. The second-order valence-electron chi connectivity index (χ2n) is 4.07. The van der Waals surface area contributed by atoms with Crippen LogP contribution in [0.1, 0.15) is 12.5 Å². The van der Waals surface area contributed by atoms with Crippen molar-refractivity contribution in [1.82, 2.24) is 9.55 Å². The highest BCUT2D eigenvalue weighted by molar-refractivity contribution is 5.44. The Morgan fingerprint density at radius 3 is 2.70 bits per heavy atom. The number of aromatic nitrogens is 2. The maximum atomic E-state index is 13.9. The van der Waals surface area contributed by atoms with Gasteiger partial charge in [0.2, 0.25) is 5.88 Å². The Morgan fingerprint density at radius 1 is 1.40 bits per heavy atom. The van der Waals surface area contributed by atoms with Crippen LogP contribution >= 0.6 is 0 Å². The third-order valence-electron chi connectivity index (χ3n) is 2.93. The van der Waals surface area contributed by atoms with Crippen molar-refractivity contribution in [3.05, 3.63) is 50.4 Å². The van der Waals surface area contributed by atoms with Gasteiger partial charge in [0.15, 0.2) is 0 Å². The SMILES string of the molecule is CCc1c(O)n(-c2cc(OC)ccc2F)c(=O)[nH]c1=O. The minimum atomic E-state index is -0.920. The molecule has 0 unspecified atom stereocenters. The van der Waals surface area contributed by atoms with E-state index >= 15 is 0 Å². The first-order chi connectivity index (χ1) is 9.49. The van der Waals surface area contributed by atoms with E-state index in [0.29, 0.717) is 10.3 Å². The monoisotopic (exact) mass is 280 g/mol. The van der Waals surface area contributed by atoms with E-state index in [1.165, 1.54) is 19.2 Å². The number of aromatic hydroxyl groups is 1. The molecule has 2 rings (SSSR count). The van der Waals surface area contributed by atoms with Gasteiger partial charge in [-0.05, 0) is 18.6 Å². The van der Waals surface area contributed by atoms with E-state index in [1.807, 2.05) is 4.98 Å². The number of H-pyrrole nitrogens is 1. The Morgan fingerprint density at radius 2 is 2.10 bits per heavy atom. The molecule has 0 aliphatic carbocycles. The number of hydrogen-bond acceptors (Lipinski definition) is 4. The molecule has 106 valence electrons. The van der Waals surface area contributed by atoms with Crippen LogP contribution in [0.2, 0.25) is 0 Å². The third-order valence-corrected chi connectivity index (χ3v) is 2.93. The van der Waals surface area contributed by atoms with Crippen LogP contribution in [0.15, 0.2) is 27.8 Å². The summed E-state index contributed by atoms with van der Waals surface area (Å²) in [5.41, 5.74) is -1.80. The van der Waals surface area contributed by atoms with Crippen molar-refractivity contribution >= 4 is 0 Å². The van der Waals surface area contributed by atoms with E-state index in [1.54, 1.807) is 6.92 Å². The molecule has 0 amide bonds. The molecule has 0 bridgehead atoms. The van der Waals surface area contributed by atoms with E-state index in [-0.39, 0.29) is 17.7 Å². The number of hydrogen-bond donors (Lipinski definition) is 2. The van der Waals surface area contributed by atoms with Crippen LogP contribution in [0.25, 0.3) is 5.69 Å². The minimum Gasteiger partial charge on any atom is -0.497 e. The van der Waals surface area contributed by atoms with Gasteiger partial charge in [0.25, 0.3) is 5.56 Å². The van der Waals surface area contributed by atoms with Crippen molar-refractivity contribution in [2.75, 3.05) is 7.11 Å². The molecule has 1 aromatic heterocycles. The lowest BCUT2D eigenvalue weighted by atomic mass is 10.2. The largest absolute Gasteiger partial charge is 0.497 e. The van der Waals surface area contributed by atoms with Crippen LogP contribution in [-0.4, -0.2) is 21.8 Å².